The third-order valence-electron chi connectivity index (χ3n) is 1.40. The Kier molecular flexibility index (Phi) is 3.89. The molecular formula is C9H12BrN3. The van der Waals surface area contributed by atoms with Crippen molar-refractivity contribution < 1.29 is 0 Å². The van der Waals surface area contributed by atoms with Crippen LogP contribution in [0.15, 0.2) is 34.6 Å². The standard InChI is InChI=1S/C9H12BrN3/c1-13(2)12-11-9-5-3-4-8(6-9)7-10/h3-6H,7H2,1-2H3. The fourth-order valence-electron chi connectivity index (χ4n) is 0.843. The summed E-state index contributed by atoms with van der Waals surface area (Å²) in [5.41, 5.74) is 2.08. The quantitative estimate of drug-likeness (QED) is 0.454. The van der Waals surface area contributed by atoms with Gasteiger partial charge >= 0.3 is 0 Å². The molecule has 0 spiro atoms. The van der Waals surface area contributed by atoms with E-state index in [1.807, 2.05) is 38.4 Å². The second-order valence-electron chi connectivity index (χ2n) is 2.84. The molecule has 0 N–H and O–H groups in total. The van der Waals surface area contributed by atoms with Gasteiger partial charge < -0.3 is 0 Å². The minimum Gasteiger partial charge on any atom is -0.285 e. The first-order chi connectivity index (χ1) is 6.22. The molecule has 0 atom stereocenters. The Morgan fingerprint density at radius 2 is 2.15 bits per heavy atom. The van der Waals surface area contributed by atoms with Crippen molar-refractivity contribution >= 4 is 21.6 Å². The summed E-state index contributed by atoms with van der Waals surface area (Å²) in [4.78, 5) is 0. The summed E-state index contributed by atoms with van der Waals surface area (Å²) in [5, 5.41) is 10.5. The monoisotopic (exact) mass is 241 g/mol. The highest BCUT2D eigenvalue weighted by atomic mass is 79.9. The van der Waals surface area contributed by atoms with E-state index in [9.17, 15) is 0 Å². The molecule has 0 aromatic heterocycles. The van der Waals surface area contributed by atoms with E-state index in [1.165, 1.54) is 5.56 Å². The maximum atomic E-state index is 4.04. The van der Waals surface area contributed by atoms with E-state index in [0.29, 0.717) is 0 Å². The second kappa shape index (κ2) is 4.97. The number of nitrogens with zero attached hydrogens (tertiary/aromatic N) is 3. The van der Waals surface area contributed by atoms with Crippen LogP contribution in [0.3, 0.4) is 0 Å². The Hall–Kier alpha value is -0.900. The molecule has 4 heteroatoms. The summed E-state index contributed by atoms with van der Waals surface area (Å²) in [6, 6.07) is 7.95. The van der Waals surface area contributed by atoms with Crippen LogP contribution in [0, 0.1) is 0 Å². The first-order valence-electron chi connectivity index (χ1n) is 3.96. The highest BCUT2D eigenvalue weighted by Crippen LogP contribution is 2.16. The molecule has 1 rings (SSSR count). The molecule has 3 nitrogen and oxygen atoms in total. The van der Waals surface area contributed by atoms with Gasteiger partial charge in [-0.1, -0.05) is 33.3 Å². The minimum absolute atomic E-state index is 0.846. The van der Waals surface area contributed by atoms with Crippen LogP contribution in [0.1, 0.15) is 5.56 Å². The molecule has 0 aliphatic rings. The van der Waals surface area contributed by atoms with E-state index in [-0.39, 0.29) is 0 Å². The number of hydrogen-bond donors (Lipinski definition) is 0. The molecule has 0 aliphatic heterocycles. The lowest BCUT2D eigenvalue weighted by molar-refractivity contribution is 0.408. The lowest BCUT2D eigenvalue weighted by Gasteiger charge is -2.01. The Balaban J connectivity index is 2.77. The smallest absolute Gasteiger partial charge is 0.0877 e. The van der Waals surface area contributed by atoms with Crippen LogP contribution in [0.5, 0.6) is 0 Å². The molecule has 0 aliphatic carbocycles. The van der Waals surface area contributed by atoms with Crippen molar-refractivity contribution in [2.45, 2.75) is 5.33 Å². The predicted molar refractivity (Wildman–Crippen MR) is 57.3 cm³/mol. The van der Waals surface area contributed by atoms with Crippen molar-refractivity contribution in [3.8, 4) is 0 Å². The van der Waals surface area contributed by atoms with Crippen LogP contribution < -0.4 is 0 Å². The lowest BCUT2D eigenvalue weighted by atomic mass is 10.2. The number of alkyl halides is 1. The van der Waals surface area contributed by atoms with Crippen molar-refractivity contribution in [2.24, 2.45) is 10.3 Å². The van der Waals surface area contributed by atoms with E-state index in [0.717, 1.165) is 11.0 Å². The van der Waals surface area contributed by atoms with Gasteiger partial charge in [0.1, 0.15) is 0 Å². The lowest BCUT2D eigenvalue weighted by Crippen LogP contribution is -1.98. The average molecular weight is 242 g/mol. The summed E-state index contributed by atoms with van der Waals surface area (Å²) in [7, 11) is 3.69. The van der Waals surface area contributed by atoms with Gasteiger partial charge in [0.2, 0.25) is 0 Å². The van der Waals surface area contributed by atoms with Gasteiger partial charge in [0.05, 0.1) is 5.69 Å². The van der Waals surface area contributed by atoms with Crippen molar-refractivity contribution in [1.29, 1.82) is 0 Å². The Labute approximate surface area is 86.6 Å². The van der Waals surface area contributed by atoms with Gasteiger partial charge in [-0.2, -0.15) is 0 Å². The molecule has 70 valence electrons. The highest BCUT2D eigenvalue weighted by molar-refractivity contribution is 9.08. The van der Waals surface area contributed by atoms with Crippen LogP contribution in [0.4, 0.5) is 5.69 Å². The largest absolute Gasteiger partial charge is 0.285 e. The van der Waals surface area contributed by atoms with Crippen molar-refractivity contribution in [3.05, 3.63) is 29.8 Å². The van der Waals surface area contributed by atoms with Crippen LogP contribution in [-0.2, 0) is 5.33 Å². The number of halogens is 1. The molecule has 0 fully saturated rings. The number of benzene rings is 1. The molecule has 0 radical (unpaired) electrons. The predicted octanol–water partition coefficient (Wildman–Crippen LogP) is 3.14. The van der Waals surface area contributed by atoms with Gasteiger partial charge in [0, 0.05) is 19.4 Å². The Morgan fingerprint density at radius 1 is 1.38 bits per heavy atom. The molecule has 0 heterocycles. The molecule has 0 amide bonds. The van der Waals surface area contributed by atoms with E-state index in [2.05, 4.69) is 26.3 Å². The van der Waals surface area contributed by atoms with Crippen LogP contribution in [0.2, 0.25) is 0 Å². The topological polar surface area (TPSA) is 28.0 Å². The third kappa shape index (κ3) is 3.55. The molecule has 13 heavy (non-hydrogen) atoms. The summed E-state index contributed by atoms with van der Waals surface area (Å²) in [6.45, 7) is 0. The zero-order valence-corrected chi connectivity index (χ0v) is 9.32. The van der Waals surface area contributed by atoms with Crippen molar-refractivity contribution in [2.75, 3.05) is 14.1 Å². The first-order valence-corrected chi connectivity index (χ1v) is 5.08. The third-order valence-corrected chi connectivity index (χ3v) is 2.05. The Morgan fingerprint density at radius 3 is 2.77 bits per heavy atom. The van der Waals surface area contributed by atoms with E-state index in [4.69, 9.17) is 0 Å². The molecule has 0 unspecified atom stereocenters. The van der Waals surface area contributed by atoms with Crippen molar-refractivity contribution in [3.63, 3.8) is 0 Å². The maximum Gasteiger partial charge on any atom is 0.0877 e. The van der Waals surface area contributed by atoms with Gasteiger partial charge in [-0.25, -0.2) is 0 Å². The summed E-state index contributed by atoms with van der Waals surface area (Å²) < 4.78 is 0. The number of hydrogen-bond acceptors (Lipinski definition) is 2. The van der Waals surface area contributed by atoms with Crippen molar-refractivity contribution in [1.82, 2.24) is 5.01 Å². The van der Waals surface area contributed by atoms with E-state index < -0.39 is 0 Å². The zero-order valence-electron chi connectivity index (χ0n) is 7.74. The number of rotatable bonds is 3. The van der Waals surface area contributed by atoms with E-state index in [1.54, 1.807) is 5.01 Å². The fraction of sp³-hybridized carbons (Fsp3) is 0.333. The van der Waals surface area contributed by atoms with Gasteiger partial charge in [0.15, 0.2) is 0 Å². The average Bonchev–Trinajstić information content (AvgIpc) is 2.15. The van der Waals surface area contributed by atoms with Gasteiger partial charge in [-0.3, -0.25) is 5.01 Å². The second-order valence-corrected chi connectivity index (χ2v) is 3.40. The SMILES string of the molecule is CN(C)N=Nc1cccc(CBr)c1. The molecule has 0 saturated carbocycles. The normalized spacial score (nSPS) is 10.7. The fourth-order valence-corrected chi connectivity index (χ4v) is 1.19. The van der Waals surface area contributed by atoms with Gasteiger partial charge in [0.25, 0.3) is 0 Å². The summed E-state index contributed by atoms with van der Waals surface area (Å²) in [5.74, 6) is 0. The van der Waals surface area contributed by atoms with Gasteiger partial charge in [-0.05, 0) is 17.7 Å². The van der Waals surface area contributed by atoms with Crippen LogP contribution in [0.25, 0.3) is 0 Å². The van der Waals surface area contributed by atoms with Crippen LogP contribution >= 0.6 is 15.9 Å². The Bertz CT molecular complexity index is 297. The molecule has 0 saturated heterocycles. The maximum absolute atomic E-state index is 4.04. The zero-order chi connectivity index (χ0) is 9.68. The molecule has 1 aromatic rings. The summed E-state index contributed by atoms with van der Waals surface area (Å²) in [6.07, 6.45) is 0. The van der Waals surface area contributed by atoms with E-state index >= 15 is 0 Å². The van der Waals surface area contributed by atoms with Gasteiger partial charge in [-0.15, -0.1) is 5.11 Å². The minimum atomic E-state index is 0.846. The molecule has 0 bridgehead atoms. The summed E-state index contributed by atoms with van der Waals surface area (Å²) >= 11 is 3.39. The van der Waals surface area contributed by atoms with Crippen LogP contribution in [-0.4, -0.2) is 19.1 Å². The highest BCUT2D eigenvalue weighted by Gasteiger charge is 1.92. The molecule has 1 aromatic carbocycles. The first kappa shape index (κ1) is 10.2. The molecular weight excluding hydrogens is 230 g/mol.